The van der Waals surface area contributed by atoms with E-state index in [0.29, 0.717) is 37.7 Å². The van der Waals surface area contributed by atoms with Gasteiger partial charge in [-0.05, 0) is 66.7 Å². The fraction of sp³-hybridized carbons (Fsp3) is 0.676. The van der Waals surface area contributed by atoms with Gasteiger partial charge >= 0.3 is 18.2 Å². The zero-order valence-corrected chi connectivity index (χ0v) is 31.5. The number of nitrogens with zero attached hydrogens (tertiary/aromatic N) is 2. The van der Waals surface area contributed by atoms with Crippen LogP contribution in [0, 0.1) is 16.7 Å². The van der Waals surface area contributed by atoms with Gasteiger partial charge in [0, 0.05) is 25.9 Å². The molecule has 2 aliphatic carbocycles. The van der Waals surface area contributed by atoms with Gasteiger partial charge in [0.05, 0.1) is 42.0 Å². The molecule has 290 valence electrons. The van der Waals surface area contributed by atoms with Gasteiger partial charge in [0.2, 0.25) is 21.8 Å². The maximum atomic E-state index is 14.1. The number of fused-ring (bicyclic) bond motifs is 4. The van der Waals surface area contributed by atoms with Gasteiger partial charge in [-0.15, -0.1) is 0 Å². The standard InChI is InChI=1S/C37H50N4O11S/c1-4-26-16-37(26,33(45)39-53(48,49)28-10-11-28)17-30(42)29-15-27-21-41(29)31(43)18-38-34(46)51-22-36(2,3)12-6-5-7-13-50-32(44)23-8-9-24-19-40(35(47)52-27)20-25(24)14-23/h8-9,14,26-29H,4-7,10-13,15-22H2,1-3H3,(H,38,46)(H,39,45)/t26-,27+,29?,37-/m0/s1. The predicted octanol–water partition coefficient (Wildman–Crippen LogP) is 3.58. The van der Waals surface area contributed by atoms with Crippen LogP contribution in [0.2, 0.25) is 0 Å². The molecule has 4 atom stereocenters. The third kappa shape index (κ3) is 8.95. The number of amides is 4. The average Bonchev–Trinajstić information content (AvgIpc) is 4.01. The Hall–Kier alpha value is -4.21. The zero-order valence-electron chi connectivity index (χ0n) is 30.6. The van der Waals surface area contributed by atoms with Gasteiger partial charge in [-0.1, -0.05) is 46.1 Å². The van der Waals surface area contributed by atoms with Crippen LogP contribution in [0.15, 0.2) is 18.2 Å². The van der Waals surface area contributed by atoms with Crippen molar-refractivity contribution in [1.29, 1.82) is 0 Å². The van der Waals surface area contributed by atoms with Gasteiger partial charge in [0.15, 0.2) is 5.78 Å². The molecule has 53 heavy (non-hydrogen) atoms. The molecular weight excluding hydrogens is 708 g/mol. The molecule has 2 N–H and O–H groups in total. The summed E-state index contributed by atoms with van der Waals surface area (Å²) in [5.74, 6) is -2.42. The van der Waals surface area contributed by atoms with E-state index in [0.717, 1.165) is 30.4 Å². The highest BCUT2D eigenvalue weighted by Gasteiger charge is 2.61. The molecule has 3 aliphatic heterocycles. The Bertz CT molecular complexity index is 1760. The Labute approximate surface area is 309 Å². The monoisotopic (exact) mass is 758 g/mol. The summed E-state index contributed by atoms with van der Waals surface area (Å²) >= 11 is 0. The van der Waals surface area contributed by atoms with E-state index in [1.807, 2.05) is 20.8 Å². The number of ether oxygens (including phenoxy) is 3. The van der Waals surface area contributed by atoms with Gasteiger partial charge in [0.25, 0.3) is 0 Å². The number of carbonyl (C=O) groups is 6. The number of esters is 1. The van der Waals surface area contributed by atoms with E-state index >= 15 is 0 Å². The summed E-state index contributed by atoms with van der Waals surface area (Å²) in [6.45, 7) is 5.97. The van der Waals surface area contributed by atoms with E-state index < -0.39 is 75.1 Å². The number of hydrogen-bond acceptors (Lipinski definition) is 11. The van der Waals surface area contributed by atoms with Gasteiger partial charge in [-0.2, -0.15) is 0 Å². The van der Waals surface area contributed by atoms with E-state index in [1.165, 1.54) is 9.80 Å². The van der Waals surface area contributed by atoms with E-state index in [4.69, 9.17) is 14.2 Å². The van der Waals surface area contributed by atoms with Gasteiger partial charge < -0.3 is 24.4 Å². The molecule has 0 radical (unpaired) electrons. The molecule has 3 fully saturated rings. The highest BCUT2D eigenvalue weighted by molar-refractivity contribution is 7.90. The minimum Gasteiger partial charge on any atom is -0.462 e. The Morgan fingerprint density at radius 1 is 1.02 bits per heavy atom. The molecule has 0 aromatic heterocycles. The first-order chi connectivity index (χ1) is 25.1. The highest BCUT2D eigenvalue weighted by atomic mass is 32.2. The quantitative estimate of drug-likeness (QED) is 0.305. The van der Waals surface area contributed by atoms with Crippen LogP contribution in [0.4, 0.5) is 9.59 Å². The fourth-order valence-electron chi connectivity index (χ4n) is 7.71. The van der Waals surface area contributed by atoms with Crippen LogP contribution in [0.1, 0.15) is 106 Å². The van der Waals surface area contributed by atoms with Crippen molar-refractivity contribution in [3.05, 3.63) is 34.9 Å². The normalized spacial score (nSPS) is 28.3. The number of sulfonamides is 1. The smallest absolute Gasteiger partial charge is 0.410 e. The molecule has 2 saturated carbocycles. The van der Waals surface area contributed by atoms with Crippen molar-refractivity contribution in [2.24, 2.45) is 16.7 Å². The Morgan fingerprint density at radius 3 is 2.49 bits per heavy atom. The van der Waals surface area contributed by atoms with Crippen LogP contribution in [0.3, 0.4) is 0 Å². The molecule has 4 amide bonds. The number of Topliss-reactive ketones (excluding diaryl/α,β-unsaturated/α-hetero) is 1. The van der Waals surface area contributed by atoms with Crippen LogP contribution in [0.5, 0.6) is 0 Å². The maximum Gasteiger partial charge on any atom is 0.410 e. The largest absolute Gasteiger partial charge is 0.462 e. The van der Waals surface area contributed by atoms with Crippen molar-refractivity contribution in [1.82, 2.24) is 19.8 Å². The number of benzene rings is 1. The first kappa shape index (κ1) is 38.5. The lowest BCUT2D eigenvalue weighted by atomic mass is 9.88. The lowest BCUT2D eigenvalue weighted by Crippen LogP contribution is -2.47. The Kier molecular flexibility index (Phi) is 11.1. The molecule has 6 rings (SSSR count). The zero-order chi connectivity index (χ0) is 38.1. The predicted molar refractivity (Wildman–Crippen MR) is 188 cm³/mol. The summed E-state index contributed by atoms with van der Waals surface area (Å²) in [7, 11) is -3.84. The van der Waals surface area contributed by atoms with Crippen LogP contribution in [-0.4, -0.2) is 97.7 Å². The topological polar surface area (TPSA) is 195 Å². The molecule has 5 bridgehead atoms. The summed E-state index contributed by atoms with van der Waals surface area (Å²) in [6, 6.07) is 4.09. The van der Waals surface area contributed by atoms with Crippen molar-refractivity contribution >= 4 is 45.8 Å². The Morgan fingerprint density at radius 2 is 1.77 bits per heavy atom. The lowest BCUT2D eigenvalue weighted by molar-refractivity contribution is -0.138. The number of rotatable bonds is 7. The SMILES string of the molecule is CC[C@H]1C[C@@]1(CC(=O)C1C[C@@H]2CN1C(=O)CNC(=O)OCC(C)(C)CCCCCOC(=O)c1ccc3c(c1)CN(C3)C(=O)O2)C(=O)NS(=O)(=O)C1CC1. The van der Waals surface area contributed by atoms with Crippen molar-refractivity contribution in [2.45, 2.75) is 115 Å². The number of cyclic esters (lactones) is 2. The summed E-state index contributed by atoms with van der Waals surface area (Å²) in [6.07, 6.45) is 2.22. The summed E-state index contributed by atoms with van der Waals surface area (Å²) in [5, 5.41) is 1.86. The van der Waals surface area contributed by atoms with E-state index in [2.05, 4.69) is 10.0 Å². The average molecular weight is 759 g/mol. The molecule has 1 unspecified atom stereocenters. The second kappa shape index (κ2) is 15.3. The summed E-state index contributed by atoms with van der Waals surface area (Å²) in [5.41, 5.74) is 0.437. The van der Waals surface area contributed by atoms with E-state index in [9.17, 15) is 37.2 Å². The van der Waals surface area contributed by atoms with Crippen molar-refractivity contribution in [3.63, 3.8) is 0 Å². The van der Waals surface area contributed by atoms with E-state index in [1.54, 1.807) is 18.2 Å². The molecule has 0 spiro atoms. The van der Waals surface area contributed by atoms with Gasteiger partial charge in [0.1, 0.15) is 12.6 Å². The molecule has 5 aliphatic rings. The number of hydrogen-bond donors (Lipinski definition) is 2. The van der Waals surface area contributed by atoms with Gasteiger partial charge in [-0.25, -0.2) is 22.8 Å². The molecule has 3 heterocycles. The number of carbonyl (C=O) groups excluding carboxylic acids is 6. The molecule has 15 nitrogen and oxygen atoms in total. The first-order valence-corrected chi connectivity index (χ1v) is 20.2. The minimum atomic E-state index is -3.84. The third-order valence-corrected chi connectivity index (χ3v) is 13.0. The highest BCUT2D eigenvalue weighted by Crippen LogP contribution is 2.58. The van der Waals surface area contributed by atoms with Crippen LogP contribution >= 0.6 is 0 Å². The molecular formula is C37H50N4O11S. The molecule has 1 saturated heterocycles. The molecule has 16 heteroatoms. The third-order valence-electron chi connectivity index (χ3n) is 11.2. The summed E-state index contributed by atoms with van der Waals surface area (Å²) in [4.78, 5) is 82.7. The Balaban J connectivity index is 1.19. The lowest BCUT2D eigenvalue weighted by Gasteiger charge is -2.26. The van der Waals surface area contributed by atoms with Crippen LogP contribution in [-0.2, 0) is 51.7 Å². The summed E-state index contributed by atoms with van der Waals surface area (Å²) < 4.78 is 44.2. The number of nitrogens with one attached hydrogen (secondary N) is 2. The first-order valence-electron chi connectivity index (χ1n) is 18.6. The maximum absolute atomic E-state index is 14.1. The van der Waals surface area contributed by atoms with Crippen molar-refractivity contribution in [2.75, 3.05) is 26.3 Å². The number of alkyl carbamates (subject to hydrolysis) is 1. The molecule has 1 aromatic rings. The fourth-order valence-corrected chi connectivity index (χ4v) is 9.09. The minimum absolute atomic E-state index is 0.0411. The second-order valence-electron chi connectivity index (χ2n) is 16.0. The van der Waals surface area contributed by atoms with Crippen molar-refractivity contribution < 1.29 is 51.4 Å². The molecule has 1 aromatic carbocycles. The second-order valence-corrected chi connectivity index (χ2v) is 17.9. The van der Waals surface area contributed by atoms with E-state index in [-0.39, 0.29) is 57.0 Å². The number of ketones is 1. The van der Waals surface area contributed by atoms with Crippen molar-refractivity contribution in [3.8, 4) is 0 Å². The van der Waals surface area contributed by atoms with Crippen LogP contribution < -0.4 is 10.0 Å². The van der Waals surface area contributed by atoms with Crippen LogP contribution in [0.25, 0.3) is 0 Å². The van der Waals surface area contributed by atoms with Gasteiger partial charge in [-0.3, -0.25) is 24.0 Å².